The van der Waals surface area contributed by atoms with Crippen molar-refractivity contribution in [2.24, 2.45) is 0 Å². The van der Waals surface area contributed by atoms with Gasteiger partial charge in [0.05, 0.1) is 5.69 Å². The van der Waals surface area contributed by atoms with E-state index < -0.39 is 0 Å². The van der Waals surface area contributed by atoms with Gasteiger partial charge >= 0.3 is 0 Å². The van der Waals surface area contributed by atoms with Crippen molar-refractivity contribution in [3.8, 4) is 0 Å². The molecule has 7 heteroatoms. The van der Waals surface area contributed by atoms with Gasteiger partial charge in [-0.25, -0.2) is 0 Å². The van der Waals surface area contributed by atoms with Crippen LogP contribution in [0.1, 0.15) is 55.1 Å². The molecule has 0 radical (unpaired) electrons. The van der Waals surface area contributed by atoms with E-state index in [1.54, 1.807) is 0 Å². The van der Waals surface area contributed by atoms with Crippen LogP contribution in [0, 0.1) is 0 Å². The molecule has 2 aliphatic heterocycles. The molecule has 7 nitrogen and oxygen atoms in total. The molecule has 0 bridgehead atoms. The van der Waals surface area contributed by atoms with Crippen molar-refractivity contribution in [3.63, 3.8) is 0 Å². The summed E-state index contributed by atoms with van der Waals surface area (Å²) in [6, 6.07) is 5.92. The number of rotatable bonds is 4. The molecule has 2 aromatic rings. The highest BCUT2D eigenvalue weighted by Gasteiger charge is 2.30. The number of likely N-dealkylation sites (tertiary alicyclic amines) is 1. The fourth-order valence-electron chi connectivity index (χ4n) is 3.42. The summed E-state index contributed by atoms with van der Waals surface area (Å²) < 4.78 is 5.37. The number of hydrogen-bond donors (Lipinski definition) is 1. The number of aromatic nitrogens is 3. The van der Waals surface area contributed by atoms with Crippen LogP contribution in [0.4, 0.5) is 0 Å². The molecule has 0 spiro atoms. The van der Waals surface area contributed by atoms with E-state index in [1.165, 1.54) is 0 Å². The van der Waals surface area contributed by atoms with E-state index in [9.17, 15) is 4.79 Å². The van der Waals surface area contributed by atoms with Crippen LogP contribution in [0.2, 0.25) is 0 Å². The van der Waals surface area contributed by atoms with E-state index >= 15 is 0 Å². The van der Waals surface area contributed by atoms with Gasteiger partial charge in [0.15, 0.2) is 5.82 Å². The lowest BCUT2D eigenvalue weighted by molar-refractivity contribution is -0.119. The average molecular weight is 327 g/mol. The molecule has 126 valence electrons. The number of nitrogens with one attached hydrogen (secondary N) is 1. The molecule has 2 aliphatic rings. The fraction of sp³-hybridized carbons (Fsp3) is 0.529. The number of carbonyl (C=O) groups is 1. The molecule has 1 amide bonds. The van der Waals surface area contributed by atoms with Crippen LogP contribution in [0.3, 0.4) is 0 Å². The Morgan fingerprint density at radius 3 is 2.83 bits per heavy atom. The molecule has 24 heavy (non-hydrogen) atoms. The van der Waals surface area contributed by atoms with Crippen molar-refractivity contribution in [2.45, 2.75) is 44.2 Å². The second-order valence-corrected chi connectivity index (χ2v) is 6.52. The molecule has 0 saturated carbocycles. The molecule has 1 N–H and O–H groups in total. The van der Waals surface area contributed by atoms with Crippen LogP contribution in [0.5, 0.6) is 0 Å². The van der Waals surface area contributed by atoms with E-state index in [1.807, 2.05) is 18.3 Å². The maximum absolute atomic E-state index is 11.3. The quantitative estimate of drug-likeness (QED) is 0.922. The zero-order chi connectivity index (χ0) is 16.4. The summed E-state index contributed by atoms with van der Waals surface area (Å²) in [6.45, 7) is 2.90. The molecule has 2 fully saturated rings. The largest absolute Gasteiger partial charge is 0.344 e. The minimum Gasteiger partial charge on any atom is -0.344 e. The fourth-order valence-corrected chi connectivity index (χ4v) is 3.42. The third kappa shape index (κ3) is 3.31. The SMILES string of the molecule is O=C1CC[C@H](c2nc(C3CCN(Cc4ccccn4)CC3)no2)N1. The maximum Gasteiger partial charge on any atom is 0.249 e. The van der Waals surface area contributed by atoms with Gasteiger partial charge in [0.2, 0.25) is 11.8 Å². The van der Waals surface area contributed by atoms with Crippen LogP contribution in [0.15, 0.2) is 28.9 Å². The normalized spacial score (nSPS) is 22.7. The Kier molecular flexibility index (Phi) is 4.25. The van der Waals surface area contributed by atoms with E-state index in [2.05, 4.69) is 31.4 Å². The van der Waals surface area contributed by atoms with Gasteiger partial charge in [-0.05, 0) is 44.5 Å². The van der Waals surface area contributed by atoms with Crippen LogP contribution in [0.25, 0.3) is 0 Å². The first kappa shape index (κ1) is 15.3. The van der Waals surface area contributed by atoms with Crippen molar-refractivity contribution < 1.29 is 9.32 Å². The summed E-state index contributed by atoms with van der Waals surface area (Å²) in [6.07, 6.45) is 5.15. The van der Waals surface area contributed by atoms with Crippen molar-refractivity contribution >= 4 is 5.91 Å². The smallest absolute Gasteiger partial charge is 0.249 e. The second-order valence-electron chi connectivity index (χ2n) is 6.52. The minimum atomic E-state index is -0.108. The lowest BCUT2D eigenvalue weighted by atomic mass is 9.96. The average Bonchev–Trinajstić information content (AvgIpc) is 3.25. The Bertz CT molecular complexity index is 694. The number of amides is 1. The van der Waals surface area contributed by atoms with Crippen molar-refractivity contribution in [3.05, 3.63) is 41.8 Å². The number of hydrogen-bond acceptors (Lipinski definition) is 6. The Labute approximate surface area is 140 Å². The van der Waals surface area contributed by atoms with Crippen LogP contribution in [-0.2, 0) is 11.3 Å². The Balaban J connectivity index is 1.33. The van der Waals surface area contributed by atoms with Crippen molar-refractivity contribution in [2.75, 3.05) is 13.1 Å². The summed E-state index contributed by atoms with van der Waals surface area (Å²) in [5, 5.41) is 7.02. The van der Waals surface area contributed by atoms with Gasteiger partial charge < -0.3 is 9.84 Å². The monoisotopic (exact) mass is 327 g/mol. The van der Waals surface area contributed by atoms with Crippen LogP contribution < -0.4 is 5.32 Å². The van der Waals surface area contributed by atoms with Crippen LogP contribution >= 0.6 is 0 Å². The van der Waals surface area contributed by atoms with Gasteiger partial charge in [0.25, 0.3) is 0 Å². The van der Waals surface area contributed by atoms with Gasteiger partial charge in [-0.2, -0.15) is 4.98 Å². The number of carbonyl (C=O) groups excluding carboxylic acids is 1. The lowest BCUT2D eigenvalue weighted by Gasteiger charge is -2.30. The molecule has 0 aromatic carbocycles. The molecule has 0 aliphatic carbocycles. The molecule has 4 heterocycles. The topological polar surface area (TPSA) is 84.2 Å². The highest BCUT2D eigenvalue weighted by molar-refractivity contribution is 5.78. The summed E-state index contributed by atoms with van der Waals surface area (Å²) in [5.41, 5.74) is 1.11. The third-order valence-corrected chi connectivity index (χ3v) is 4.82. The van der Waals surface area contributed by atoms with E-state index in [0.717, 1.165) is 50.4 Å². The second kappa shape index (κ2) is 6.68. The Morgan fingerprint density at radius 1 is 1.25 bits per heavy atom. The standard InChI is InChI=1S/C17H21N5O2/c23-15-5-4-14(19-15)17-20-16(21-24-17)12-6-9-22(10-7-12)11-13-3-1-2-8-18-13/h1-3,8,12,14H,4-7,9-11H2,(H,19,23)/t14-/m1/s1. The summed E-state index contributed by atoms with van der Waals surface area (Å²) in [7, 11) is 0. The lowest BCUT2D eigenvalue weighted by Crippen LogP contribution is -2.33. The third-order valence-electron chi connectivity index (χ3n) is 4.82. The van der Waals surface area contributed by atoms with Gasteiger partial charge in [0.1, 0.15) is 6.04 Å². The summed E-state index contributed by atoms with van der Waals surface area (Å²) >= 11 is 0. The molecule has 4 rings (SSSR count). The van der Waals surface area contributed by atoms with Gasteiger partial charge in [0, 0.05) is 25.1 Å². The molecular weight excluding hydrogens is 306 g/mol. The van der Waals surface area contributed by atoms with Crippen molar-refractivity contribution in [1.82, 2.24) is 25.3 Å². The zero-order valence-electron chi connectivity index (χ0n) is 13.5. The van der Waals surface area contributed by atoms with Gasteiger partial charge in [-0.1, -0.05) is 11.2 Å². The zero-order valence-corrected chi connectivity index (χ0v) is 13.5. The highest BCUT2D eigenvalue weighted by Crippen LogP contribution is 2.29. The predicted octanol–water partition coefficient (Wildman–Crippen LogP) is 1.80. The maximum atomic E-state index is 11.3. The molecular formula is C17H21N5O2. The van der Waals surface area contributed by atoms with E-state index in [-0.39, 0.29) is 11.9 Å². The minimum absolute atomic E-state index is 0.0579. The first-order valence-corrected chi connectivity index (χ1v) is 8.53. The van der Waals surface area contributed by atoms with Gasteiger partial charge in [-0.15, -0.1) is 0 Å². The summed E-state index contributed by atoms with van der Waals surface area (Å²) in [4.78, 5) is 22.6. The molecule has 2 aromatic heterocycles. The number of pyridine rings is 1. The number of nitrogens with zero attached hydrogens (tertiary/aromatic N) is 4. The first-order chi connectivity index (χ1) is 11.8. The first-order valence-electron chi connectivity index (χ1n) is 8.53. The molecule has 1 atom stereocenters. The predicted molar refractivity (Wildman–Crippen MR) is 85.9 cm³/mol. The highest BCUT2D eigenvalue weighted by atomic mass is 16.5. The van der Waals surface area contributed by atoms with E-state index in [4.69, 9.17) is 4.52 Å². The van der Waals surface area contributed by atoms with Crippen molar-refractivity contribution in [1.29, 1.82) is 0 Å². The summed E-state index contributed by atoms with van der Waals surface area (Å²) in [5.74, 6) is 1.72. The van der Waals surface area contributed by atoms with Gasteiger partial charge in [-0.3, -0.25) is 14.7 Å². The van der Waals surface area contributed by atoms with E-state index in [0.29, 0.717) is 18.2 Å². The molecule has 0 unspecified atom stereocenters. The Hall–Kier alpha value is -2.28. The number of piperidine rings is 1. The Morgan fingerprint density at radius 2 is 2.12 bits per heavy atom. The van der Waals surface area contributed by atoms with Crippen LogP contribution in [-0.4, -0.2) is 39.0 Å². The molecule has 2 saturated heterocycles.